The van der Waals surface area contributed by atoms with E-state index in [1.54, 1.807) is 19.2 Å². The molecule has 64 valence electrons. The summed E-state index contributed by atoms with van der Waals surface area (Å²) >= 11 is 0. The van der Waals surface area contributed by atoms with Crippen LogP contribution in [-0.4, -0.2) is 23.5 Å². The van der Waals surface area contributed by atoms with Crippen LogP contribution in [0.1, 0.15) is 11.4 Å². The molecule has 0 radical (unpaired) electrons. The molecule has 1 aromatic rings. The SMILES string of the molecule is COc1cc(C)nc(C=NO)c1. The van der Waals surface area contributed by atoms with Crippen molar-refractivity contribution in [2.24, 2.45) is 5.16 Å². The Morgan fingerprint density at radius 1 is 1.58 bits per heavy atom. The van der Waals surface area contributed by atoms with Gasteiger partial charge in [-0.3, -0.25) is 4.98 Å². The van der Waals surface area contributed by atoms with Crippen molar-refractivity contribution in [2.75, 3.05) is 7.11 Å². The van der Waals surface area contributed by atoms with Gasteiger partial charge in [0.2, 0.25) is 0 Å². The van der Waals surface area contributed by atoms with Gasteiger partial charge in [0, 0.05) is 17.8 Å². The van der Waals surface area contributed by atoms with E-state index in [2.05, 4.69) is 10.1 Å². The van der Waals surface area contributed by atoms with E-state index in [4.69, 9.17) is 9.94 Å². The van der Waals surface area contributed by atoms with Crippen molar-refractivity contribution in [3.8, 4) is 5.75 Å². The number of pyridine rings is 1. The van der Waals surface area contributed by atoms with Gasteiger partial charge in [0.25, 0.3) is 0 Å². The zero-order chi connectivity index (χ0) is 8.97. The molecule has 0 fully saturated rings. The molecule has 1 aromatic heterocycles. The molecule has 0 aromatic carbocycles. The molecule has 0 saturated carbocycles. The molecule has 0 bridgehead atoms. The van der Waals surface area contributed by atoms with Gasteiger partial charge in [-0.1, -0.05) is 5.16 Å². The minimum atomic E-state index is 0.578. The predicted octanol–water partition coefficient (Wildman–Crippen LogP) is 1.21. The first-order valence-corrected chi connectivity index (χ1v) is 3.46. The molecule has 4 heteroatoms. The first-order valence-electron chi connectivity index (χ1n) is 3.46. The van der Waals surface area contributed by atoms with E-state index in [-0.39, 0.29) is 0 Å². The van der Waals surface area contributed by atoms with Crippen molar-refractivity contribution >= 4 is 6.21 Å². The summed E-state index contributed by atoms with van der Waals surface area (Å²) in [4.78, 5) is 4.08. The Labute approximate surface area is 70.5 Å². The molecule has 0 atom stereocenters. The molecule has 1 rings (SSSR count). The monoisotopic (exact) mass is 166 g/mol. The molecule has 0 aliphatic rings. The van der Waals surface area contributed by atoms with Crippen molar-refractivity contribution in [3.63, 3.8) is 0 Å². The van der Waals surface area contributed by atoms with Gasteiger partial charge in [-0.15, -0.1) is 0 Å². The van der Waals surface area contributed by atoms with Crippen molar-refractivity contribution in [2.45, 2.75) is 6.92 Å². The molecule has 4 nitrogen and oxygen atoms in total. The summed E-state index contributed by atoms with van der Waals surface area (Å²) < 4.78 is 5.00. The first-order chi connectivity index (χ1) is 5.76. The number of hydrogen-bond donors (Lipinski definition) is 1. The second-order valence-electron chi connectivity index (χ2n) is 2.32. The summed E-state index contributed by atoms with van der Waals surface area (Å²) in [6, 6.07) is 3.49. The predicted molar refractivity (Wildman–Crippen MR) is 44.9 cm³/mol. The Bertz CT molecular complexity index is 297. The first kappa shape index (κ1) is 8.52. The van der Waals surface area contributed by atoms with Crippen LogP contribution in [0.4, 0.5) is 0 Å². The average Bonchev–Trinajstić information content (AvgIpc) is 2.04. The normalized spacial score (nSPS) is 10.5. The molecule has 0 unspecified atom stereocenters. The fourth-order valence-electron chi connectivity index (χ4n) is 0.905. The Morgan fingerprint density at radius 3 is 2.92 bits per heavy atom. The lowest BCUT2D eigenvalue weighted by Gasteiger charge is -2.01. The van der Waals surface area contributed by atoms with Gasteiger partial charge in [0.15, 0.2) is 0 Å². The summed E-state index contributed by atoms with van der Waals surface area (Å²) in [5, 5.41) is 11.1. The number of aryl methyl sites for hydroxylation is 1. The topological polar surface area (TPSA) is 54.7 Å². The van der Waals surface area contributed by atoms with Crippen LogP contribution in [0.25, 0.3) is 0 Å². The van der Waals surface area contributed by atoms with Crippen molar-refractivity contribution in [1.82, 2.24) is 4.98 Å². The lowest BCUT2D eigenvalue weighted by Crippen LogP contribution is -1.93. The number of aromatic nitrogens is 1. The molecule has 1 heterocycles. The van der Waals surface area contributed by atoms with Crippen LogP contribution < -0.4 is 4.74 Å². The van der Waals surface area contributed by atoms with Crippen LogP contribution in [0.5, 0.6) is 5.75 Å². The van der Waals surface area contributed by atoms with Crippen LogP contribution in [0.2, 0.25) is 0 Å². The molecule has 12 heavy (non-hydrogen) atoms. The summed E-state index contributed by atoms with van der Waals surface area (Å²) in [7, 11) is 1.58. The Hall–Kier alpha value is -1.58. The molecular formula is C8H10N2O2. The second kappa shape index (κ2) is 3.71. The molecule has 0 amide bonds. The fourth-order valence-corrected chi connectivity index (χ4v) is 0.905. The van der Waals surface area contributed by atoms with Crippen molar-refractivity contribution in [1.29, 1.82) is 0 Å². The number of methoxy groups -OCH3 is 1. The summed E-state index contributed by atoms with van der Waals surface area (Å²) in [5.41, 5.74) is 1.40. The van der Waals surface area contributed by atoms with Crippen LogP contribution in [-0.2, 0) is 0 Å². The highest BCUT2D eigenvalue weighted by Crippen LogP contribution is 2.11. The van der Waals surface area contributed by atoms with Crippen LogP contribution in [0, 0.1) is 6.92 Å². The van der Waals surface area contributed by atoms with E-state index in [9.17, 15) is 0 Å². The minimum Gasteiger partial charge on any atom is -0.497 e. The Kier molecular flexibility index (Phi) is 2.63. The average molecular weight is 166 g/mol. The van der Waals surface area contributed by atoms with Gasteiger partial charge in [-0.05, 0) is 6.92 Å². The second-order valence-corrected chi connectivity index (χ2v) is 2.32. The molecule has 0 aliphatic carbocycles. The van der Waals surface area contributed by atoms with Gasteiger partial charge >= 0.3 is 0 Å². The van der Waals surface area contributed by atoms with E-state index in [0.717, 1.165) is 5.69 Å². The molecule has 0 saturated heterocycles. The maximum absolute atomic E-state index is 8.26. The third-order valence-electron chi connectivity index (χ3n) is 1.37. The highest BCUT2D eigenvalue weighted by Gasteiger charge is 1.97. The van der Waals surface area contributed by atoms with Gasteiger partial charge in [0.1, 0.15) is 5.75 Å². The van der Waals surface area contributed by atoms with Crippen molar-refractivity contribution < 1.29 is 9.94 Å². The number of hydrogen-bond acceptors (Lipinski definition) is 4. The Balaban J connectivity index is 3.06. The number of nitrogens with zero attached hydrogens (tertiary/aromatic N) is 2. The number of rotatable bonds is 2. The van der Waals surface area contributed by atoms with E-state index in [0.29, 0.717) is 11.4 Å². The van der Waals surface area contributed by atoms with Gasteiger partial charge in [0.05, 0.1) is 19.0 Å². The quantitative estimate of drug-likeness (QED) is 0.408. The highest BCUT2D eigenvalue weighted by molar-refractivity contribution is 5.77. The van der Waals surface area contributed by atoms with Crippen LogP contribution in [0.3, 0.4) is 0 Å². The summed E-state index contributed by atoms with van der Waals surface area (Å²) in [6.45, 7) is 1.84. The maximum Gasteiger partial charge on any atom is 0.122 e. The molecule has 0 aliphatic heterocycles. The van der Waals surface area contributed by atoms with Crippen LogP contribution >= 0.6 is 0 Å². The number of ether oxygens (including phenoxy) is 1. The highest BCUT2D eigenvalue weighted by atomic mass is 16.5. The summed E-state index contributed by atoms with van der Waals surface area (Å²) in [6.07, 6.45) is 1.26. The lowest BCUT2D eigenvalue weighted by atomic mass is 10.3. The van der Waals surface area contributed by atoms with Crippen molar-refractivity contribution in [3.05, 3.63) is 23.5 Å². The Morgan fingerprint density at radius 2 is 2.33 bits per heavy atom. The lowest BCUT2D eigenvalue weighted by molar-refractivity contribution is 0.321. The molecule has 0 spiro atoms. The standard InChI is InChI=1S/C8H10N2O2/c1-6-3-8(12-2)4-7(10-6)5-9-11/h3-5,11H,1-2H3. The summed E-state index contributed by atoms with van der Waals surface area (Å²) in [5.74, 6) is 0.706. The van der Waals surface area contributed by atoms with E-state index < -0.39 is 0 Å². The van der Waals surface area contributed by atoms with Gasteiger partial charge in [-0.25, -0.2) is 0 Å². The third kappa shape index (κ3) is 1.95. The number of oxime groups is 1. The van der Waals surface area contributed by atoms with Gasteiger partial charge < -0.3 is 9.94 Å². The molecular weight excluding hydrogens is 156 g/mol. The van der Waals surface area contributed by atoms with E-state index in [1.165, 1.54) is 6.21 Å². The third-order valence-corrected chi connectivity index (χ3v) is 1.37. The molecule has 1 N–H and O–H groups in total. The fraction of sp³-hybridized carbons (Fsp3) is 0.250. The largest absolute Gasteiger partial charge is 0.497 e. The van der Waals surface area contributed by atoms with E-state index in [1.807, 2.05) is 6.92 Å². The zero-order valence-corrected chi connectivity index (χ0v) is 6.98. The zero-order valence-electron chi connectivity index (χ0n) is 6.98. The minimum absolute atomic E-state index is 0.578. The smallest absolute Gasteiger partial charge is 0.122 e. The van der Waals surface area contributed by atoms with Gasteiger partial charge in [-0.2, -0.15) is 0 Å². The maximum atomic E-state index is 8.26. The van der Waals surface area contributed by atoms with Crippen LogP contribution in [0.15, 0.2) is 17.3 Å². The van der Waals surface area contributed by atoms with E-state index >= 15 is 0 Å².